The molecular formula is C3H2N2OS. The summed E-state index contributed by atoms with van der Waals surface area (Å²) in [5.41, 5.74) is 1.52. The maximum absolute atomic E-state index is 9.75. The normalized spacial score (nSPS) is 8.57. The van der Waals surface area contributed by atoms with Gasteiger partial charge < -0.3 is 0 Å². The van der Waals surface area contributed by atoms with Crippen LogP contribution in [0, 0.1) is 0 Å². The van der Waals surface area contributed by atoms with Crippen molar-refractivity contribution in [2.75, 3.05) is 0 Å². The van der Waals surface area contributed by atoms with Crippen LogP contribution in [0.5, 0.6) is 0 Å². The van der Waals surface area contributed by atoms with Gasteiger partial charge in [0.1, 0.15) is 5.51 Å². The lowest BCUT2D eigenvalue weighted by Gasteiger charge is -1.63. The van der Waals surface area contributed by atoms with E-state index in [0.717, 1.165) is 0 Å². The predicted molar refractivity (Wildman–Crippen MR) is 25.3 cm³/mol. The number of carbonyl (C=O) groups excluding carboxylic acids is 1. The Hall–Kier alpha value is -0.770. The second kappa shape index (κ2) is 1.79. The van der Waals surface area contributed by atoms with Crippen LogP contribution in [-0.2, 0) is 0 Å². The summed E-state index contributed by atoms with van der Waals surface area (Å²) < 4.78 is 3.60. The molecule has 3 nitrogen and oxygen atoms in total. The molecule has 0 atom stereocenters. The van der Waals surface area contributed by atoms with Crippen LogP contribution in [0.3, 0.4) is 0 Å². The van der Waals surface area contributed by atoms with Crippen LogP contribution in [-0.4, -0.2) is 15.6 Å². The second-order valence-corrected chi connectivity index (χ2v) is 1.51. The molecule has 7 heavy (non-hydrogen) atoms. The van der Waals surface area contributed by atoms with Gasteiger partial charge in [0.05, 0.1) is 0 Å². The number of nitrogens with zero attached hydrogens (tertiary/aromatic N) is 2. The van der Waals surface area contributed by atoms with Crippen LogP contribution < -0.4 is 0 Å². The van der Waals surface area contributed by atoms with Gasteiger partial charge in [-0.2, -0.15) is 4.37 Å². The van der Waals surface area contributed by atoms with Crippen LogP contribution in [0.2, 0.25) is 0 Å². The van der Waals surface area contributed by atoms with Crippen molar-refractivity contribution in [1.82, 2.24) is 9.36 Å². The van der Waals surface area contributed by atoms with E-state index in [0.29, 0.717) is 6.29 Å². The molecule has 4 heteroatoms. The first-order chi connectivity index (χ1) is 3.43. The molecule has 0 spiro atoms. The zero-order chi connectivity index (χ0) is 5.11. The lowest BCUT2D eigenvalue weighted by molar-refractivity contribution is 0.111. The average molecular weight is 114 g/mol. The summed E-state index contributed by atoms with van der Waals surface area (Å²) in [5.74, 6) is 0.269. The standard InChI is InChI=1S/C3H2N2OS/c6-1-3-4-2-7-5-3/h1-2H. The highest BCUT2D eigenvalue weighted by molar-refractivity contribution is 7.03. The van der Waals surface area contributed by atoms with E-state index in [1.54, 1.807) is 0 Å². The molecule has 1 rings (SSSR count). The molecule has 0 bridgehead atoms. The maximum atomic E-state index is 9.75. The fourth-order valence-corrected chi connectivity index (χ4v) is 0.631. The highest BCUT2D eigenvalue weighted by Gasteiger charge is 1.86. The Kier molecular flexibility index (Phi) is 1.12. The smallest absolute Gasteiger partial charge is 0.205 e. The summed E-state index contributed by atoms with van der Waals surface area (Å²) >= 11 is 1.17. The van der Waals surface area contributed by atoms with Gasteiger partial charge in [0.15, 0.2) is 6.29 Å². The molecule has 0 unspecified atom stereocenters. The summed E-state index contributed by atoms with van der Waals surface area (Å²) in [4.78, 5) is 13.3. The largest absolute Gasteiger partial charge is 0.294 e. The van der Waals surface area contributed by atoms with Gasteiger partial charge in [-0.15, -0.1) is 0 Å². The van der Waals surface area contributed by atoms with Crippen LogP contribution in [0.1, 0.15) is 10.6 Å². The molecule has 1 aromatic heterocycles. The SMILES string of the molecule is O=Cc1ncsn1. The van der Waals surface area contributed by atoms with Gasteiger partial charge in [-0.1, -0.05) is 0 Å². The minimum Gasteiger partial charge on any atom is -0.294 e. The Balaban J connectivity index is 2.96. The monoisotopic (exact) mass is 114 g/mol. The molecule has 0 N–H and O–H groups in total. The van der Waals surface area contributed by atoms with Gasteiger partial charge in [-0.05, 0) is 11.5 Å². The maximum Gasteiger partial charge on any atom is 0.205 e. The molecule has 0 aliphatic heterocycles. The minimum atomic E-state index is 0.269. The first-order valence-electron chi connectivity index (χ1n) is 1.65. The summed E-state index contributed by atoms with van der Waals surface area (Å²) in [7, 11) is 0. The van der Waals surface area contributed by atoms with E-state index in [2.05, 4.69) is 9.36 Å². The third kappa shape index (κ3) is 0.806. The van der Waals surface area contributed by atoms with Crippen LogP contribution in [0.15, 0.2) is 5.51 Å². The quantitative estimate of drug-likeness (QED) is 0.495. The first kappa shape index (κ1) is 4.39. The number of hydrogen-bond donors (Lipinski definition) is 0. The summed E-state index contributed by atoms with van der Waals surface area (Å²) in [6.45, 7) is 0. The van der Waals surface area contributed by atoms with Crippen molar-refractivity contribution in [2.45, 2.75) is 0 Å². The van der Waals surface area contributed by atoms with Gasteiger partial charge >= 0.3 is 0 Å². The molecule has 0 radical (unpaired) electrons. The summed E-state index contributed by atoms with van der Waals surface area (Å²) in [6.07, 6.45) is 0.622. The predicted octanol–water partition coefficient (Wildman–Crippen LogP) is 0.351. The Bertz CT molecular complexity index is 148. The van der Waals surface area contributed by atoms with Gasteiger partial charge in [-0.3, -0.25) is 4.79 Å². The van der Waals surface area contributed by atoms with E-state index in [-0.39, 0.29) is 5.82 Å². The van der Waals surface area contributed by atoms with Crippen molar-refractivity contribution in [3.05, 3.63) is 11.3 Å². The fourth-order valence-electron chi connectivity index (χ4n) is 0.231. The number of hydrogen-bond acceptors (Lipinski definition) is 4. The van der Waals surface area contributed by atoms with E-state index in [4.69, 9.17) is 0 Å². The summed E-state index contributed by atoms with van der Waals surface area (Å²) in [5, 5.41) is 0. The molecule has 0 fully saturated rings. The lowest BCUT2D eigenvalue weighted by Crippen LogP contribution is -1.77. The van der Waals surface area contributed by atoms with Crippen molar-refractivity contribution < 1.29 is 4.79 Å². The number of carbonyl (C=O) groups is 1. The van der Waals surface area contributed by atoms with Gasteiger partial charge in [0.25, 0.3) is 0 Å². The van der Waals surface area contributed by atoms with Crippen LogP contribution in [0.4, 0.5) is 0 Å². The third-order valence-electron chi connectivity index (χ3n) is 0.484. The second-order valence-electron chi connectivity index (χ2n) is 0.907. The molecule has 36 valence electrons. The van der Waals surface area contributed by atoms with E-state index < -0.39 is 0 Å². The summed E-state index contributed by atoms with van der Waals surface area (Å²) in [6, 6.07) is 0. The highest BCUT2D eigenvalue weighted by atomic mass is 32.1. The molecule has 1 heterocycles. The van der Waals surface area contributed by atoms with Crippen LogP contribution >= 0.6 is 11.5 Å². The molecule has 0 amide bonds. The van der Waals surface area contributed by atoms with Gasteiger partial charge in [0.2, 0.25) is 5.82 Å². The van der Waals surface area contributed by atoms with E-state index >= 15 is 0 Å². The zero-order valence-electron chi connectivity index (χ0n) is 3.37. The molecule has 0 saturated carbocycles. The molecule has 0 saturated heterocycles. The van der Waals surface area contributed by atoms with Crippen molar-refractivity contribution in [2.24, 2.45) is 0 Å². The van der Waals surface area contributed by atoms with Crippen LogP contribution in [0.25, 0.3) is 0 Å². The Morgan fingerprint density at radius 3 is 3.00 bits per heavy atom. The van der Waals surface area contributed by atoms with Crippen molar-refractivity contribution in [1.29, 1.82) is 0 Å². The Labute approximate surface area is 44.2 Å². The Morgan fingerprint density at radius 1 is 1.86 bits per heavy atom. The molecular weight excluding hydrogens is 112 g/mol. The highest BCUT2D eigenvalue weighted by Crippen LogP contribution is 1.87. The van der Waals surface area contributed by atoms with Gasteiger partial charge in [-0.25, -0.2) is 4.98 Å². The third-order valence-corrected chi connectivity index (χ3v) is 0.976. The molecule has 0 aliphatic carbocycles. The molecule has 0 aromatic carbocycles. The fraction of sp³-hybridized carbons (Fsp3) is 0. The Morgan fingerprint density at radius 2 is 2.71 bits per heavy atom. The number of aldehydes is 1. The first-order valence-corrected chi connectivity index (χ1v) is 2.48. The van der Waals surface area contributed by atoms with Crippen molar-refractivity contribution in [3.63, 3.8) is 0 Å². The van der Waals surface area contributed by atoms with Crippen molar-refractivity contribution >= 4 is 17.8 Å². The van der Waals surface area contributed by atoms with E-state index in [1.165, 1.54) is 17.0 Å². The number of aromatic nitrogens is 2. The van der Waals surface area contributed by atoms with E-state index in [1.807, 2.05) is 0 Å². The molecule has 1 aromatic rings. The van der Waals surface area contributed by atoms with Crippen molar-refractivity contribution in [3.8, 4) is 0 Å². The minimum absolute atomic E-state index is 0.269. The topological polar surface area (TPSA) is 42.9 Å². The van der Waals surface area contributed by atoms with Gasteiger partial charge in [0, 0.05) is 0 Å². The van der Waals surface area contributed by atoms with E-state index in [9.17, 15) is 4.79 Å². The zero-order valence-corrected chi connectivity index (χ0v) is 4.18. The molecule has 0 aliphatic rings. The average Bonchev–Trinajstić information content (AvgIpc) is 2.14. The lowest BCUT2D eigenvalue weighted by atomic mass is 10.7. The number of rotatable bonds is 1.